The third-order valence-electron chi connectivity index (χ3n) is 5.21. The normalized spacial score (nSPS) is 19.3. The summed E-state index contributed by atoms with van der Waals surface area (Å²) in [5, 5.41) is 3.22. The summed E-state index contributed by atoms with van der Waals surface area (Å²) in [6.45, 7) is 2.49. The molecular weight excluding hydrogens is 437 g/mol. The number of hydrogen-bond acceptors (Lipinski definition) is 4. The smallest absolute Gasteiger partial charge is 0.313 e. The summed E-state index contributed by atoms with van der Waals surface area (Å²) >= 11 is 12.6. The molecule has 0 fully saturated rings. The van der Waals surface area contributed by atoms with Gasteiger partial charge in [0.25, 0.3) is 10.1 Å². The highest BCUT2D eigenvalue weighted by molar-refractivity contribution is 7.86. The number of rotatable bonds is 4. The largest absolute Gasteiger partial charge is 0.352 e. The second-order valence-electron chi connectivity index (χ2n) is 7.33. The van der Waals surface area contributed by atoms with Crippen molar-refractivity contribution in [1.82, 2.24) is 10.2 Å². The summed E-state index contributed by atoms with van der Waals surface area (Å²) in [4.78, 5) is 11.4. The number of halogens is 2. The van der Waals surface area contributed by atoms with Gasteiger partial charge in [-0.25, -0.2) is 4.79 Å². The molecule has 156 valence electrons. The van der Waals surface area contributed by atoms with Crippen molar-refractivity contribution < 1.29 is 17.8 Å². The summed E-state index contributed by atoms with van der Waals surface area (Å²) < 4.78 is 33.9. The van der Waals surface area contributed by atoms with Crippen LogP contribution in [0.2, 0.25) is 10.0 Å². The van der Waals surface area contributed by atoms with Crippen molar-refractivity contribution in [2.45, 2.75) is 24.3 Å². The second-order valence-corrected chi connectivity index (χ2v) is 9.94. The van der Waals surface area contributed by atoms with E-state index < -0.39 is 21.0 Å². The number of amides is 2. The summed E-state index contributed by atoms with van der Waals surface area (Å²) in [6, 6.07) is 9.13. The van der Waals surface area contributed by atoms with E-state index in [1.807, 2.05) is 19.2 Å². The van der Waals surface area contributed by atoms with Gasteiger partial charge in [0.1, 0.15) is 0 Å². The molecule has 2 aromatic rings. The number of benzene rings is 2. The zero-order valence-electron chi connectivity index (χ0n) is 15.8. The molecule has 10 heteroatoms. The molecule has 2 aromatic carbocycles. The van der Waals surface area contributed by atoms with E-state index in [-0.39, 0.29) is 11.5 Å². The highest BCUT2D eigenvalue weighted by Crippen LogP contribution is 2.39. The van der Waals surface area contributed by atoms with Gasteiger partial charge in [-0.3, -0.25) is 4.55 Å². The van der Waals surface area contributed by atoms with Crippen LogP contribution >= 0.6 is 23.2 Å². The number of fused-ring (bicyclic) bond motifs is 1. The van der Waals surface area contributed by atoms with Gasteiger partial charge >= 0.3 is 6.03 Å². The molecule has 0 saturated carbocycles. The Balaban J connectivity index is 2.15. The predicted octanol–water partition coefficient (Wildman–Crippen LogP) is 3.30. The van der Waals surface area contributed by atoms with Crippen LogP contribution in [0.15, 0.2) is 36.4 Å². The Kier molecular flexibility index (Phi) is 5.86. The summed E-state index contributed by atoms with van der Waals surface area (Å²) in [5.41, 5.74) is 8.02. The van der Waals surface area contributed by atoms with Crippen molar-refractivity contribution in [2.75, 3.05) is 13.6 Å². The third kappa shape index (κ3) is 4.22. The summed E-state index contributed by atoms with van der Waals surface area (Å²) in [6.07, 6.45) is 0. The van der Waals surface area contributed by atoms with Gasteiger partial charge < -0.3 is 16.0 Å². The predicted molar refractivity (Wildman–Crippen MR) is 113 cm³/mol. The maximum absolute atomic E-state index is 12.1. The Bertz CT molecular complexity index is 1080. The van der Waals surface area contributed by atoms with Crippen LogP contribution in [0.3, 0.4) is 0 Å². The van der Waals surface area contributed by atoms with Crippen molar-refractivity contribution >= 4 is 39.4 Å². The Hall–Kier alpha value is -1.84. The molecule has 2 unspecified atom stereocenters. The van der Waals surface area contributed by atoms with Crippen LogP contribution in [-0.4, -0.2) is 37.5 Å². The average Bonchev–Trinajstić information content (AvgIpc) is 2.60. The molecule has 2 amide bonds. The van der Waals surface area contributed by atoms with E-state index in [0.29, 0.717) is 23.1 Å². The standard InChI is InChI=1S/C19H21Cl2N3O4S/c1-19(23-18(22)25,29(26,27)28)12-5-3-4-11(6-12)15-9-24(2)10-16-14(15)7-13(20)8-17(16)21/h3-8,15H,9-10H2,1-2H3,(H3,22,23,25)(H,26,27,28). The zero-order chi connectivity index (χ0) is 21.6. The maximum atomic E-state index is 12.1. The lowest BCUT2D eigenvalue weighted by molar-refractivity contribution is 0.242. The van der Waals surface area contributed by atoms with Gasteiger partial charge in [0.05, 0.1) is 0 Å². The number of nitrogens with two attached hydrogens (primary N) is 1. The first-order chi connectivity index (χ1) is 13.4. The van der Waals surface area contributed by atoms with E-state index in [9.17, 15) is 17.8 Å². The van der Waals surface area contributed by atoms with Crippen LogP contribution in [0, 0.1) is 0 Å². The number of nitrogens with one attached hydrogen (secondary N) is 1. The lowest BCUT2D eigenvalue weighted by Crippen LogP contribution is -2.51. The first kappa shape index (κ1) is 21.9. The van der Waals surface area contributed by atoms with Crippen LogP contribution in [-0.2, 0) is 21.5 Å². The van der Waals surface area contributed by atoms with Crippen LogP contribution in [0.4, 0.5) is 4.79 Å². The van der Waals surface area contributed by atoms with E-state index in [1.54, 1.807) is 18.2 Å². The van der Waals surface area contributed by atoms with E-state index in [0.717, 1.165) is 16.7 Å². The molecule has 0 aromatic heterocycles. The fourth-order valence-corrected chi connectivity index (χ4v) is 4.93. The SMILES string of the molecule is CN1Cc2c(Cl)cc(Cl)cc2C(c2cccc(C(C)(NC(N)=O)S(=O)(=O)O)c2)C1. The van der Waals surface area contributed by atoms with Crippen molar-refractivity contribution in [3.05, 3.63) is 68.7 Å². The first-order valence-corrected chi connectivity index (χ1v) is 10.9. The number of carbonyl (C=O) groups is 1. The molecule has 7 nitrogen and oxygen atoms in total. The number of carbonyl (C=O) groups excluding carboxylic acids is 1. The van der Waals surface area contributed by atoms with Crippen LogP contribution in [0.5, 0.6) is 0 Å². The average molecular weight is 458 g/mol. The molecule has 0 aliphatic carbocycles. The number of primary amides is 1. The van der Waals surface area contributed by atoms with Crippen molar-refractivity contribution in [1.29, 1.82) is 0 Å². The molecule has 1 aliphatic rings. The van der Waals surface area contributed by atoms with Crippen LogP contribution in [0.25, 0.3) is 0 Å². The summed E-state index contributed by atoms with van der Waals surface area (Å²) in [7, 11) is -2.75. The second kappa shape index (κ2) is 7.77. The molecule has 2 atom stereocenters. The highest BCUT2D eigenvalue weighted by Gasteiger charge is 2.41. The lowest BCUT2D eigenvalue weighted by atomic mass is 9.84. The number of nitrogens with zero attached hydrogens (tertiary/aromatic N) is 1. The fraction of sp³-hybridized carbons (Fsp3) is 0.316. The first-order valence-electron chi connectivity index (χ1n) is 8.74. The molecular formula is C19H21Cl2N3O4S. The van der Waals surface area contributed by atoms with Crippen molar-refractivity contribution in [3.8, 4) is 0 Å². The van der Waals surface area contributed by atoms with Gasteiger partial charge in [-0.05, 0) is 48.4 Å². The van der Waals surface area contributed by atoms with Gasteiger partial charge in [0, 0.05) is 29.1 Å². The number of urea groups is 1. The zero-order valence-corrected chi connectivity index (χ0v) is 18.1. The minimum atomic E-state index is -4.71. The van der Waals surface area contributed by atoms with Gasteiger partial charge in [-0.15, -0.1) is 0 Å². The van der Waals surface area contributed by atoms with E-state index in [4.69, 9.17) is 28.9 Å². The summed E-state index contributed by atoms with van der Waals surface area (Å²) in [5.74, 6) is -0.140. The molecule has 0 radical (unpaired) electrons. The Morgan fingerprint density at radius 2 is 2.00 bits per heavy atom. The van der Waals surface area contributed by atoms with Gasteiger partial charge in [-0.1, -0.05) is 47.5 Å². The molecule has 3 rings (SSSR count). The quantitative estimate of drug-likeness (QED) is 0.609. The molecule has 0 spiro atoms. The molecule has 29 heavy (non-hydrogen) atoms. The molecule has 4 N–H and O–H groups in total. The van der Waals surface area contributed by atoms with E-state index >= 15 is 0 Å². The molecule has 0 bridgehead atoms. The van der Waals surface area contributed by atoms with Crippen LogP contribution in [0.1, 0.15) is 35.1 Å². The number of likely N-dealkylation sites (N-methyl/N-ethyl adjacent to an activating group) is 1. The monoisotopic (exact) mass is 457 g/mol. The van der Waals surface area contributed by atoms with Gasteiger partial charge in [0.2, 0.25) is 0 Å². The Morgan fingerprint density at radius 3 is 2.62 bits per heavy atom. The number of hydrogen-bond donors (Lipinski definition) is 3. The Morgan fingerprint density at radius 1 is 1.31 bits per heavy atom. The lowest BCUT2D eigenvalue weighted by Gasteiger charge is -2.34. The minimum absolute atomic E-state index is 0.140. The van der Waals surface area contributed by atoms with Crippen molar-refractivity contribution in [3.63, 3.8) is 0 Å². The fourth-order valence-electron chi connectivity index (χ4n) is 3.70. The van der Waals surface area contributed by atoms with Gasteiger partial charge in [0.15, 0.2) is 4.87 Å². The van der Waals surface area contributed by atoms with E-state index in [1.165, 1.54) is 13.0 Å². The van der Waals surface area contributed by atoms with Crippen LogP contribution < -0.4 is 11.1 Å². The Labute approximate surface area is 179 Å². The molecule has 1 aliphatic heterocycles. The topological polar surface area (TPSA) is 113 Å². The molecule has 0 saturated heterocycles. The highest BCUT2D eigenvalue weighted by atomic mass is 35.5. The van der Waals surface area contributed by atoms with E-state index in [2.05, 4.69) is 10.2 Å². The van der Waals surface area contributed by atoms with Crippen molar-refractivity contribution in [2.24, 2.45) is 5.73 Å². The third-order valence-corrected chi connectivity index (χ3v) is 7.13. The van der Waals surface area contributed by atoms with Gasteiger partial charge in [-0.2, -0.15) is 8.42 Å². The maximum Gasteiger partial charge on any atom is 0.313 e. The minimum Gasteiger partial charge on any atom is -0.352 e. The molecule has 1 heterocycles.